The molecule has 0 aromatic heterocycles. The number of fused-ring (bicyclic) bond motifs is 2. The maximum absolute atomic E-state index is 6.03. The van der Waals surface area contributed by atoms with E-state index in [0.29, 0.717) is 32.5 Å². The van der Waals surface area contributed by atoms with Crippen LogP contribution in [0.4, 0.5) is 0 Å². The summed E-state index contributed by atoms with van der Waals surface area (Å²) in [5, 5.41) is 0.581. The molecule has 0 saturated heterocycles. The predicted molar refractivity (Wildman–Crippen MR) is 81.1 cm³/mol. The lowest BCUT2D eigenvalue weighted by Gasteiger charge is -2.22. The number of ether oxygens (including phenoxy) is 2. The second-order valence-corrected chi connectivity index (χ2v) is 6.51. The van der Waals surface area contributed by atoms with Crippen LogP contribution in [0.3, 0.4) is 0 Å². The fourth-order valence-electron chi connectivity index (χ4n) is 1.59. The van der Waals surface area contributed by atoms with Crippen molar-refractivity contribution in [2.45, 2.75) is 0 Å². The van der Waals surface area contributed by atoms with Crippen LogP contribution >= 0.6 is 59.4 Å². The SMILES string of the molecule is Clc1ccc2c(c1Br)Oc1cc(Br)c(Br)cc1O2. The standard InChI is InChI=1S/C12H4Br3ClO2/c13-5-3-9-10(4-6(5)14)18-12-8(17-9)2-1-7(16)11(12)15/h1-4H. The van der Waals surface area contributed by atoms with Crippen LogP contribution in [0.15, 0.2) is 37.7 Å². The number of hydrogen-bond acceptors (Lipinski definition) is 2. The largest absolute Gasteiger partial charge is 0.449 e. The molecule has 1 heterocycles. The van der Waals surface area contributed by atoms with Crippen molar-refractivity contribution in [2.75, 3.05) is 0 Å². The van der Waals surface area contributed by atoms with Gasteiger partial charge in [-0.25, -0.2) is 0 Å². The molecule has 0 atom stereocenters. The second kappa shape index (κ2) is 4.71. The minimum atomic E-state index is 0.581. The van der Waals surface area contributed by atoms with Gasteiger partial charge in [-0.3, -0.25) is 0 Å². The van der Waals surface area contributed by atoms with Gasteiger partial charge in [-0.1, -0.05) is 11.6 Å². The molecule has 0 aliphatic carbocycles. The quantitative estimate of drug-likeness (QED) is 0.384. The first kappa shape index (κ1) is 12.8. The Morgan fingerprint density at radius 2 is 1.44 bits per heavy atom. The molecule has 6 heteroatoms. The third kappa shape index (κ3) is 2.07. The molecule has 2 nitrogen and oxygen atoms in total. The third-order valence-electron chi connectivity index (χ3n) is 2.43. The Morgan fingerprint density at radius 1 is 0.833 bits per heavy atom. The molecular formula is C12H4Br3ClO2. The van der Waals surface area contributed by atoms with Gasteiger partial charge in [0.1, 0.15) is 0 Å². The first-order chi connectivity index (χ1) is 8.56. The zero-order valence-corrected chi connectivity index (χ0v) is 14.2. The Kier molecular flexibility index (Phi) is 3.34. The van der Waals surface area contributed by atoms with E-state index in [9.17, 15) is 0 Å². The summed E-state index contributed by atoms with van der Waals surface area (Å²) in [6.07, 6.45) is 0. The van der Waals surface area contributed by atoms with E-state index in [4.69, 9.17) is 21.1 Å². The zero-order valence-electron chi connectivity index (χ0n) is 8.64. The Morgan fingerprint density at radius 3 is 2.11 bits per heavy atom. The summed E-state index contributed by atoms with van der Waals surface area (Å²) in [6, 6.07) is 7.23. The van der Waals surface area contributed by atoms with Crippen molar-refractivity contribution in [1.82, 2.24) is 0 Å². The van der Waals surface area contributed by atoms with Crippen molar-refractivity contribution >= 4 is 59.4 Å². The van der Waals surface area contributed by atoms with Gasteiger partial charge in [-0.15, -0.1) is 0 Å². The summed E-state index contributed by atoms with van der Waals surface area (Å²) < 4.78 is 14.1. The van der Waals surface area contributed by atoms with Gasteiger partial charge in [-0.05, 0) is 59.9 Å². The Labute approximate surface area is 134 Å². The van der Waals surface area contributed by atoms with Crippen LogP contribution in [0.5, 0.6) is 23.0 Å². The van der Waals surface area contributed by atoms with Crippen LogP contribution in [0.2, 0.25) is 5.02 Å². The smallest absolute Gasteiger partial charge is 0.185 e. The maximum Gasteiger partial charge on any atom is 0.185 e. The lowest BCUT2D eigenvalue weighted by Crippen LogP contribution is -2.00. The van der Waals surface area contributed by atoms with Crippen molar-refractivity contribution in [3.63, 3.8) is 0 Å². The van der Waals surface area contributed by atoms with E-state index < -0.39 is 0 Å². The molecule has 0 saturated carbocycles. The Bertz CT molecular complexity index is 658. The number of rotatable bonds is 0. The number of halogens is 4. The molecule has 18 heavy (non-hydrogen) atoms. The van der Waals surface area contributed by atoms with Crippen LogP contribution < -0.4 is 9.47 Å². The molecule has 0 N–H and O–H groups in total. The highest BCUT2D eigenvalue weighted by atomic mass is 79.9. The summed E-state index contributed by atoms with van der Waals surface area (Å²) in [4.78, 5) is 0. The van der Waals surface area contributed by atoms with E-state index in [0.717, 1.165) is 8.95 Å². The lowest BCUT2D eigenvalue weighted by molar-refractivity contribution is 0.357. The van der Waals surface area contributed by atoms with E-state index in [1.807, 2.05) is 12.1 Å². The zero-order chi connectivity index (χ0) is 12.9. The minimum Gasteiger partial charge on any atom is -0.449 e. The van der Waals surface area contributed by atoms with Gasteiger partial charge in [0.25, 0.3) is 0 Å². The van der Waals surface area contributed by atoms with Gasteiger partial charge in [0.05, 0.1) is 9.50 Å². The normalized spacial score (nSPS) is 12.2. The predicted octanol–water partition coefficient (Wildman–Crippen LogP) is 6.53. The van der Waals surface area contributed by atoms with Crippen LogP contribution in [0.1, 0.15) is 0 Å². The van der Waals surface area contributed by atoms with Crippen LogP contribution in [0.25, 0.3) is 0 Å². The van der Waals surface area contributed by atoms with E-state index in [2.05, 4.69) is 47.8 Å². The van der Waals surface area contributed by atoms with Gasteiger partial charge in [-0.2, -0.15) is 0 Å². The lowest BCUT2D eigenvalue weighted by atomic mass is 10.2. The highest BCUT2D eigenvalue weighted by Gasteiger charge is 2.23. The highest BCUT2D eigenvalue weighted by Crippen LogP contribution is 2.51. The molecular weight excluding hydrogens is 451 g/mol. The minimum absolute atomic E-state index is 0.581. The number of benzene rings is 2. The van der Waals surface area contributed by atoms with Crippen molar-refractivity contribution in [1.29, 1.82) is 0 Å². The second-order valence-electron chi connectivity index (χ2n) is 3.61. The summed E-state index contributed by atoms with van der Waals surface area (Å²) in [5.41, 5.74) is 0. The molecule has 0 radical (unpaired) electrons. The molecule has 0 fully saturated rings. The van der Waals surface area contributed by atoms with Gasteiger partial charge >= 0.3 is 0 Å². The van der Waals surface area contributed by atoms with E-state index >= 15 is 0 Å². The molecule has 2 aromatic rings. The maximum atomic E-state index is 6.03. The number of hydrogen-bond donors (Lipinski definition) is 0. The Balaban J connectivity index is 2.15. The van der Waals surface area contributed by atoms with Gasteiger partial charge < -0.3 is 9.47 Å². The average molecular weight is 455 g/mol. The summed E-state index contributed by atoms with van der Waals surface area (Å²) in [7, 11) is 0. The summed E-state index contributed by atoms with van der Waals surface area (Å²) >= 11 is 16.3. The van der Waals surface area contributed by atoms with Crippen molar-refractivity contribution in [3.8, 4) is 23.0 Å². The fraction of sp³-hybridized carbons (Fsp3) is 0. The van der Waals surface area contributed by atoms with E-state index in [1.165, 1.54) is 0 Å². The summed E-state index contributed by atoms with van der Waals surface area (Å²) in [5.74, 6) is 2.52. The molecule has 3 rings (SSSR count). The summed E-state index contributed by atoms with van der Waals surface area (Å²) in [6.45, 7) is 0. The molecule has 0 amide bonds. The first-order valence-corrected chi connectivity index (χ1v) is 7.64. The molecule has 2 aromatic carbocycles. The molecule has 0 unspecified atom stereocenters. The van der Waals surface area contributed by atoms with Crippen LogP contribution in [-0.4, -0.2) is 0 Å². The molecule has 0 bridgehead atoms. The van der Waals surface area contributed by atoms with Crippen molar-refractivity contribution in [3.05, 3.63) is 42.7 Å². The van der Waals surface area contributed by atoms with Crippen molar-refractivity contribution in [2.24, 2.45) is 0 Å². The Hall–Kier alpha value is -0.230. The van der Waals surface area contributed by atoms with Gasteiger partial charge in [0, 0.05) is 21.1 Å². The van der Waals surface area contributed by atoms with Gasteiger partial charge in [0.15, 0.2) is 23.0 Å². The first-order valence-electron chi connectivity index (χ1n) is 4.89. The monoisotopic (exact) mass is 452 g/mol. The van der Waals surface area contributed by atoms with Crippen LogP contribution in [-0.2, 0) is 0 Å². The molecule has 0 spiro atoms. The molecule has 1 aliphatic rings. The van der Waals surface area contributed by atoms with E-state index in [1.54, 1.807) is 12.1 Å². The van der Waals surface area contributed by atoms with E-state index in [-0.39, 0.29) is 0 Å². The molecule has 1 aliphatic heterocycles. The fourth-order valence-corrected chi connectivity index (χ4v) is 2.79. The topological polar surface area (TPSA) is 18.5 Å². The van der Waals surface area contributed by atoms with Crippen molar-refractivity contribution < 1.29 is 9.47 Å². The third-order valence-corrected chi connectivity index (χ3v) is 5.61. The molecule has 92 valence electrons. The average Bonchev–Trinajstić information content (AvgIpc) is 2.34. The van der Waals surface area contributed by atoms with Crippen LogP contribution in [0, 0.1) is 0 Å². The van der Waals surface area contributed by atoms with Gasteiger partial charge in [0.2, 0.25) is 0 Å². The highest BCUT2D eigenvalue weighted by molar-refractivity contribution is 9.13.